The van der Waals surface area contributed by atoms with E-state index >= 15 is 0 Å². The average molecular weight is 327 g/mol. The van der Waals surface area contributed by atoms with Crippen LogP contribution in [0.4, 0.5) is 5.69 Å². The number of benzene rings is 1. The molecule has 1 fully saturated rings. The maximum absolute atomic E-state index is 12.2. The van der Waals surface area contributed by atoms with Gasteiger partial charge in [-0.25, -0.2) is 0 Å². The summed E-state index contributed by atoms with van der Waals surface area (Å²) < 4.78 is 5.47. The van der Waals surface area contributed by atoms with E-state index in [1.165, 1.54) is 17.3 Å². The molecule has 0 spiro atoms. The van der Waals surface area contributed by atoms with Crippen molar-refractivity contribution in [1.29, 1.82) is 5.26 Å². The first-order valence-corrected chi connectivity index (χ1v) is 8.56. The van der Waals surface area contributed by atoms with Crippen molar-refractivity contribution in [3.05, 3.63) is 41.1 Å². The molecule has 1 aliphatic heterocycles. The molecule has 1 heterocycles. The highest BCUT2D eigenvalue weighted by Crippen LogP contribution is 2.22. The number of aryl methyl sites for hydroxylation is 2. The van der Waals surface area contributed by atoms with Crippen LogP contribution in [0.3, 0.4) is 0 Å². The molecule has 128 valence electrons. The van der Waals surface area contributed by atoms with E-state index in [1.54, 1.807) is 0 Å². The SMILES string of the molecule is CCc1cccc(CC)c1N/C=C(/C#N)C(=O)NCC1CCCO1. The van der Waals surface area contributed by atoms with Crippen molar-refractivity contribution < 1.29 is 9.53 Å². The number of amides is 1. The van der Waals surface area contributed by atoms with Gasteiger partial charge in [0.2, 0.25) is 0 Å². The third-order valence-corrected chi connectivity index (χ3v) is 4.24. The molecule has 0 radical (unpaired) electrons. The Labute approximate surface area is 143 Å². The second-order valence-corrected chi connectivity index (χ2v) is 5.82. The normalized spacial score (nSPS) is 17.4. The van der Waals surface area contributed by atoms with Crippen molar-refractivity contribution in [3.63, 3.8) is 0 Å². The van der Waals surface area contributed by atoms with E-state index in [4.69, 9.17) is 4.74 Å². The van der Waals surface area contributed by atoms with Crippen molar-refractivity contribution in [2.75, 3.05) is 18.5 Å². The predicted octanol–water partition coefficient (Wildman–Crippen LogP) is 2.93. The van der Waals surface area contributed by atoms with Crippen LogP contribution >= 0.6 is 0 Å². The van der Waals surface area contributed by atoms with E-state index in [0.29, 0.717) is 6.54 Å². The van der Waals surface area contributed by atoms with Gasteiger partial charge in [-0.1, -0.05) is 32.0 Å². The van der Waals surface area contributed by atoms with Gasteiger partial charge in [0.05, 0.1) is 6.10 Å². The number of ether oxygens (including phenoxy) is 1. The minimum Gasteiger partial charge on any atom is -0.376 e. The van der Waals surface area contributed by atoms with E-state index in [2.05, 4.69) is 36.6 Å². The molecule has 1 amide bonds. The third-order valence-electron chi connectivity index (χ3n) is 4.24. The van der Waals surface area contributed by atoms with Crippen LogP contribution in [-0.4, -0.2) is 25.2 Å². The molecule has 24 heavy (non-hydrogen) atoms. The van der Waals surface area contributed by atoms with Crippen LogP contribution in [0, 0.1) is 11.3 Å². The van der Waals surface area contributed by atoms with Gasteiger partial charge in [-0.3, -0.25) is 4.79 Å². The maximum atomic E-state index is 12.2. The zero-order valence-electron chi connectivity index (χ0n) is 14.4. The molecule has 0 saturated carbocycles. The number of nitriles is 1. The summed E-state index contributed by atoms with van der Waals surface area (Å²) in [4.78, 5) is 12.2. The first kappa shape index (κ1) is 18.0. The van der Waals surface area contributed by atoms with E-state index in [0.717, 1.165) is 38.0 Å². The number of rotatable bonds is 7. The number of nitrogens with one attached hydrogen (secondary N) is 2. The number of para-hydroxylation sites is 1. The highest BCUT2D eigenvalue weighted by molar-refractivity contribution is 5.97. The van der Waals surface area contributed by atoms with Crippen molar-refractivity contribution in [2.45, 2.75) is 45.6 Å². The predicted molar refractivity (Wildman–Crippen MR) is 94.5 cm³/mol. The standard InChI is InChI=1S/C19H25N3O2/c1-3-14-7-5-8-15(4-2)18(14)21-12-16(11-20)19(23)22-13-17-9-6-10-24-17/h5,7-8,12,17,21H,3-4,6,9-10,13H2,1-2H3,(H,22,23)/b16-12-. The molecule has 5 nitrogen and oxygen atoms in total. The minimum atomic E-state index is -0.368. The number of carbonyl (C=O) groups is 1. The van der Waals surface area contributed by atoms with Crippen LogP contribution < -0.4 is 10.6 Å². The Bertz CT molecular complexity index is 618. The van der Waals surface area contributed by atoms with Crippen LogP contribution in [0.1, 0.15) is 37.8 Å². The van der Waals surface area contributed by atoms with Crippen molar-refractivity contribution in [2.24, 2.45) is 0 Å². The Morgan fingerprint density at radius 2 is 2.08 bits per heavy atom. The Morgan fingerprint density at radius 3 is 2.62 bits per heavy atom. The van der Waals surface area contributed by atoms with Gasteiger partial charge in [0.1, 0.15) is 11.6 Å². The maximum Gasteiger partial charge on any atom is 0.263 e. The summed E-state index contributed by atoms with van der Waals surface area (Å²) >= 11 is 0. The summed E-state index contributed by atoms with van der Waals surface area (Å²) in [6, 6.07) is 8.11. The average Bonchev–Trinajstić information content (AvgIpc) is 3.13. The second kappa shape index (κ2) is 9.09. The highest BCUT2D eigenvalue weighted by atomic mass is 16.5. The summed E-state index contributed by atoms with van der Waals surface area (Å²) in [6.07, 6.45) is 5.31. The van der Waals surface area contributed by atoms with Gasteiger partial charge in [0, 0.05) is 25.0 Å². The molecular weight excluding hydrogens is 302 g/mol. The van der Waals surface area contributed by atoms with Crippen LogP contribution in [0.25, 0.3) is 0 Å². The fourth-order valence-electron chi connectivity index (χ4n) is 2.83. The van der Waals surface area contributed by atoms with Gasteiger partial charge in [-0.05, 0) is 36.8 Å². The zero-order chi connectivity index (χ0) is 17.4. The van der Waals surface area contributed by atoms with Crippen molar-refractivity contribution in [3.8, 4) is 6.07 Å². The molecule has 1 atom stereocenters. The summed E-state index contributed by atoms with van der Waals surface area (Å²) in [5, 5.41) is 15.2. The van der Waals surface area contributed by atoms with E-state index in [1.807, 2.05) is 12.1 Å². The van der Waals surface area contributed by atoms with Gasteiger partial charge in [0.15, 0.2) is 0 Å². The largest absolute Gasteiger partial charge is 0.376 e. The van der Waals surface area contributed by atoms with Gasteiger partial charge >= 0.3 is 0 Å². The molecule has 1 aromatic carbocycles. The molecule has 2 N–H and O–H groups in total. The van der Waals surface area contributed by atoms with E-state index in [-0.39, 0.29) is 17.6 Å². The summed E-state index contributed by atoms with van der Waals surface area (Å²) in [5.41, 5.74) is 3.40. The van der Waals surface area contributed by atoms with Gasteiger partial charge in [-0.15, -0.1) is 0 Å². The topological polar surface area (TPSA) is 74.2 Å². The van der Waals surface area contributed by atoms with Crippen molar-refractivity contribution >= 4 is 11.6 Å². The summed E-state index contributed by atoms with van der Waals surface area (Å²) in [7, 11) is 0. The van der Waals surface area contributed by atoms with E-state index < -0.39 is 0 Å². The molecule has 2 rings (SSSR count). The third kappa shape index (κ3) is 4.59. The molecule has 0 bridgehead atoms. The zero-order valence-corrected chi connectivity index (χ0v) is 14.4. The molecule has 1 aromatic rings. The first-order chi connectivity index (χ1) is 11.7. The Balaban J connectivity index is 2.05. The van der Waals surface area contributed by atoms with Crippen LogP contribution in [-0.2, 0) is 22.4 Å². The smallest absolute Gasteiger partial charge is 0.263 e. The lowest BCUT2D eigenvalue weighted by Crippen LogP contribution is -2.32. The number of carbonyl (C=O) groups excluding carboxylic acids is 1. The van der Waals surface area contributed by atoms with Crippen LogP contribution in [0.5, 0.6) is 0 Å². The molecular formula is C19H25N3O2. The summed E-state index contributed by atoms with van der Waals surface area (Å²) in [6.45, 7) is 5.37. The number of hydrogen-bond acceptors (Lipinski definition) is 4. The fraction of sp³-hybridized carbons (Fsp3) is 0.474. The quantitative estimate of drug-likeness (QED) is 0.596. The second-order valence-electron chi connectivity index (χ2n) is 5.82. The lowest BCUT2D eigenvalue weighted by atomic mass is 10.0. The van der Waals surface area contributed by atoms with Gasteiger partial charge in [-0.2, -0.15) is 5.26 Å². The molecule has 1 saturated heterocycles. The Kier molecular flexibility index (Phi) is 6.83. The van der Waals surface area contributed by atoms with Crippen LogP contribution in [0.2, 0.25) is 0 Å². The summed E-state index contributed by atoms with van der Waals surface area (Å²) in [5.74, 6) is -0.368. The lowest BCUT2D eigenvalue weighted by molar-refractivity contribution is -0.117. The van der Waals surface area contributed by atoms with Gasteiger partial charge < -0.3 is 15.4 Å². The Hall–Kier alpha value is -2.32. The van der Waals surface area contributed by atoms with Crippen LogP contribution in [0.15, 0.2) is 30.0 Å². The molecule has 0 aliphatic carbocycles. The first-order valence-electron chi connectivity index (χ1n) is 8.56. The highest BCUT2D eigenvalue weighted by Gasteiger charge is 2.17. The number of hydrogen-bond donors (Lipinski definition) is 2. The van der Waals surface area contributed by atoms with Gasteiger partial charge in [0.25, 0.3) is 5.91 Å². The monoisotopic (exact) mass is 327 g/mol. The molecule has 0 aromatic heterocycles. The Morgan fingerprint density at radius 1 is 1.38 bits per heavy atom. The molecule has 5 heteroatoms. The number of nitrogens with zero attached hydrogens (tertiary/aromatic N) is 1. The van der Waals surface area contributed by atoms with Crippen molar-refractivity contribution in [1.82, 2.24) is 5.32 Å². The number of anilines is 1. The molecule has 1 unspecified atom stereocenters. The fourth-order valence-corrected chi connectivity index (χ4v) is 2.83. The minimum absolute atomic E-state index is 0.0642. The lowest BCUT2D eigenvalue weighted by Gasteiger charge is -2.13. The van der Waals surface area contributed by atoms with E-state index in [9.17, 15) is 10.1 Å². The molecule has 1 aliphatic rings.